The van der Waals surface area contributed by atoms with Gasteiger partial charge in [-0.25, -0.2) is 4.39 Å². The van der Waals surface area contributed by atoms with E-state index in [2.05, 4.69) is 20.8 Å². The van der Waals surface area contributed by atoms with Crippen LogP contribution in [0.3, 0.4) is 0 Å². The van der Waals surface area contributed by atoms with E-state index >= 15 is 0 Å². The number of fused-ring (bicyclic) bond motifs is 1. The summed E-state index contributed by atoms with van der Waals surface area (Å²) in [4.78, 5) is 14.2. The lowest BCUT2D eigenvalue weighted by atomic mass is 10.1. The molecule has 1 amide bonds. The Hall–Kier alpha value is -4.25. The van der Waals surface area contributed by atoms with Crippen molar-refractivity contribution in [2.24, 2.45) is 0 Å². The van der Waals surface area contributed by atoms with Crippen molar-refractivity contribution in [3.63, 3.8) is 0 Å². The third-order valence-corrected chi connectivity index (χ3v) is 5.39. The van der Waals surface area contributed by atoms with E-state index in [0.29, 0.717) is 39.7 Å². The molecule has 1 aromatic heterocycles. The number of nitrogens with one attached hydrogen (secondary N) is 2. The number of hydrogen-bond acceptors (Lipinski definition) is 7. The number of aryl methyl sites for hydroxylation is 1. The van der Waals surface area contributed by atoms with Crippen LogP contribution in [0.4, 0.5) is 10.1 Å². The molecule has 0 aliphatic carbocycles. The van der Waals surface area contributed by atoms with E-state index in [4.69, 9.17) is 26.4 Å². The number of nitrogens with zero attached hydrogens (tertiary/aromatic N) is 3. The predicted octanol–water partition coefficient (Wildman–Crippen LogP) is 4.02. The van der Waals surface area contributed by atoms with E-state index in [0.717, 1.165) is 5.56 Å². The van der Waals surface area contributed by atoms with Gasteiger partial charge in [0.15, 0.2) is 16.6 Å². The Balaban J connectivity index is 1.53. The van der Waals surface area contributed by atoms with Gasteiger partial charge in [0.2, 0.25) is 5.75 Å². The molecule has 4 aromatic rings. The summed E-state index contributed by atoms with van der Waals surface area (Å²) in [7, 11) is 4.42. The number of carbonyl (C=O) groups is 1. The van der Waals surface area contributed by atoms with Gasteiger partial charge in [-0.15, -0.1) is 10.2 Å². The molecule has 0 radical (unpaired) electrons. The summed E-state index contributed by atoms with van der Waals surface area (Å²) in [5, 5.41) is 14.7. The lowest BCUT2D eigenvalue weighted by Crippen LogP contribution is -2.34. The van der Waals surface area contributed by atoms with Crippen LogP contribution < -0.4 is 24.8 Å². The standard InChI is InChI=1S/C24H22FN5O4S/c1-13-9-18-19(29-30(28-18)16-7-5-15(25)6-8-16)12-17(13)26-24(35)27-23(31)14-10-20(32-2)22(34-4)21(11-14)33-3/h5-12H,1-4H3,(H2,26,27,31,35). The van der Waals surface area contributed by atoms with Crippen molar-refractivity contribution >= 4 is 40.0 Å². The van der Waals surface area contributed by atoms with Crippen molar-refractivity contribution < 1.29 is 23.4 Å². The van der Waals surface area contributed by atoms with Gasteiger partial charge in [-0.1, -0.05) is 0 Å². The van der Waals surface area contributed by atoms with Gasteiger partial charge < -0.3 is 19.5 Å². The molecule has 1 heterocycles. The lowest BCUT2D eigenvalue weighted by Gasteiger charge is -2.15. The molecule has 0 spiro atoms. The fourth-order valence-corrected chi connectivity index (χ4v) is 3.64. The van der Waals surface area contributed by atoms with E-state index in [-0.39, 0.29) is 16.5 Å². The second kappa shape index (κ2) is 9.94. The first kappa shape index (κ1) is 23.9. The highest BCUT2D eigenvalue weighted by Crippen LogP contribution is 2.38. The normalized spacial score (nSPS) is 10.7. The zero-order valence-corrected chi connectivity index (χ0v) is 20.2. The summed E-state index contributed by atoms with van der Waals surface area (Å²) < 4.78 is 29.1. The fraction of sp³-hybridized carbons (Fsp3) is 0.167. The molecule has 0 saturated carbocycles. The van der Waals surface area contributed by atoms with Crippen molar-refractivity contribution in [2.45, 2.75) is 6.92 Å². The molecular weight excluding hydrogens is 473 g/mol. The molecule has 0 bridgehead atoms. The largest absolute Gasteiger partial charge is 0.493 e. The summed E-state index contributed by atoms with van der Waals surface area (Å²) in [6, 6.07) is 12.5. The van der Waals surface area contributed by atoms with Gasteiger partial charge in [0.1, 0.15) is 16.9 Å². The second-order valence-corrected chi connectivity index (χ2v) is 7.85. The van der Waals surface area contributed by atoms with Crippen LogP contribution in [-0.2, 0) is 0 Å². The maximum absolute atomic E-state index is 13.2. The van der Waals surface area contributed by atoms with Gasteiger partial charge in [0, 0.05) is 11.3 Å². The van der Waals surface area contributed by atoms with Crippen LogP contribution in [0, 0.1) is 12.7 Å². The number of rotatable bonds is 6. The van der Waals surface area contributed by atoms with Crippen LogP contribution in [0.5, 0.6) is 17.2 Å². The van der Waals surface area contributed by atoms with Crippen LogP contribution in [0.2, 0.25) is 0 Å². The Morgan fingerprint density at radius 3 is 2.11 bits per heavy atom. The maximum atomic E-state index is 13.2. The SMILES string of the molecule is COc1cc(C(=O)NC(=S)Nc2cc3nn(-c4ccc(F)cc4)nc3cc2C)cc(OC)c1OC. The number of amides is 1. The zero-order valence-electron chi connectivity index (χ0n) is 19.4. The summed E-state index contributed by atoms with van der Waals surface area (Å²) in [6.07, 6.45) is 0. The topological polar surface area (TPSA) is 99.5 Å². The number of hydrogen-bond donors (Lipinski definition) is 2. The number of ether oxygens (including phenoxy) is 3. The highest BCUT2D eigenvalue weighted by molar-refractivity contribution is 7.80. The first-order chi connectivity index (χ1) is 16.8. The number of carbonyl (C=O) groups excluding carboxylic acids is 1. The van der Waals surface area contributed by atoms with E-state index in [1.807, 2.05) is 13.0 Å². The van der Waals surface area contributed by atoms with Gasteiger partial charge in [0.05, 0.1) is 27.0 Å². The van der Waals surface area contributed by atoms with E-state index in [9.17, 15) is 9.18 Å². The maximum Gasteiger partial charge on any atom is 0.257 e. The van der Waals surface area contributed by atoms with Gasteiger partial charge in [-0.05, 0) is 73.2 Å². The minimum atomic E-state index is -0.456. The Labute approximate surface area is 205 Å². The van der Waals surface area contributed by atoms with Gasteiger partial charge in [0.25, 0.3) is 5.91 Å². The number of benzene rings is 3. The molecule has 0 aliphatic heterocycles. The third kappa shape index (κ3) is 4.99. The van der Waals surface area contributed by atoms with Crippen molar-refractivity contribution in [3.8, 4) is 22.9 Å². The highest BCUT2D eigenvalue weighted by atomic mass is 32.1. The average Bonchev–Trinajstić information content (AvgIpc) is 3.26. The van der Waals surface area contributed by atoms with Crippen LogP contribution in [0.15, 0.2) is 48.5 Å². The first-order valence-corrected chi connectivity index (χ1v) is 10.8. The summed E-state index contributed by atoms with van der Waals surface area (Å²) in [6.45, 7) is 1.88. The van der Waals surface area contributed by atoms with Crippen LogP contribution >= 0.6 is 12.2 Å². The lowest BCUT2D eigenvalue weighted by molar-refractivity contribution is 0.0977. The molecule has 0 fully saturated rings. The molecule has 11 heteroatoms. The number of thiocarbonyl (C=S) groups is 1. The van der Waals surface area contributed by atoms with Crippen LogP contribution in [-0.4, -0.2) is 47.3 Å². The molecule has 2 N–H and O–H groups in total. The average molecular weight is 496 g/mol. The minimum absolute atomic E-state index is 0.0946. The number of halogens is 1. The van der Waals surface area contributed by atoms with E-state index in [1.54, 1.807) is 18.2 Å². The zero-order chi connectivity index (χ0) is 25.1. The summed E-state index contributed by atoms with van der Waals surface area (Å²) >= 11 is 5.35. The van der Waals surface area contributed by atoms with Crippen LogP contribution in [0.1, 0.15) is 15.9 Å². The third-order valence-electron chi connectivity index (χ3n) is 5.19. The Kier molecular flexibility index (Phi) is 6.78. The first-order valence-electron chi connectivity index (χ1n) is 10.4. The van der Waals surface area contributed by atoms with Crippen LogP contribution in [0.25, 0.3) is 16.7 Å². The van der Waals surface area contributed by atoms with Gasteiger partial charge >= 0.3 is 0 Å². The van der Waals surface area contributed by atoms with Crippen molar-refractivity contribution in [3.05, 3.63) is 65.5 Å². The molecule has 0 atom stereocenters. The monoisotopic (exact) mass is 495 g/mol. The quantitative estimate of drug-likeness (QED) is 0.387. The molecule has 0 unspecified atom stereocenters. The van der Waals surface area contributed by atoms with Crippen molar-refractivity contribution in [1.29, 1.82) is 0 Å². The van der Waals surface area contributed by atoms with E-state index < -0.39 is 5.91 Å². The van der Waals surface area contributed by atoms with Gasteiger partial charge in [-0.2, -0.15) is 4.80 Å². The smallest absolute Gasteiger partial charge is 0.257 e. The number of aromatic nitrogens is 3. The molecular formula is C24H22FN5O4S. The molecule has 9 nitrogen and oxygen atoms in total. The number of anilines is 1. The Bertz CT molecular complexity index is 1400. The predicted molar refractivity (Wildman–Crippen MR) is 133 cm³/mol. The number of methoxy groups -OCH3 is 3. The van der Waals surface area contributed by atoms with Gasteiger partial charge in [-0.3, -0.25) is 10.1 Å². The molecule has 4 rings (SSSR count). The fourth-order valence-electron chi connectivity index (χ4n) is 3.43. The molecule has 0 saturated heterocycles. The minimum Gasteiger partial charge on any atom is -0.493 e. The molecule has 180 valence electrons. The molecule has 3 aromatic carbocycles. The Morgan fingerprint density at radius 2 is 1.54 bits per heavy atom. The van der Waals surface area contributed by atoms with E-state index in [1.165, 1.54) is 50.4 Å². The van der Waals surface area contributed by atoms with Crippen molar-refractivity contribution in [2.75, 3.05) is 26.6 Å². The molecule has 35 heavy (non-hydrogen) atoms. The van der Waals surface area contributed by atoms with Crippen molar-refractivity contribution in [1.82, 2.24) is 20.3 Å². The second-order valence-electron chi connectivity index (χ2n) is 7.44. The molecule has 0 aliphatic rings. The summed E-state index contributed by atoms with van der Waals surface area (Å²) in [5.41, 5.74) is 3.65. The Morgan fingerprint density at radius 1 is 0.943 bits per heavy atom. The highest BCUT2D eigenvalue weighted by Gasteiger charge is 2.18. The summed E-state index contributed by atoms with van der Waals surface area (Å²) in [5.74, 6) is 0.283.